The maximum atomic E-state index is 4.55. The fraction of sp³-hybridized carbons (Fsp3) is 0.0744. The first kappa shape index (κ1) is 103. The molecule has 0 spiro atoms. The van der Waals surface area contributed by atoms with E-state index in [-0.39, 0.29) is 80.4 Å². The van der Waals surface area contributed by atoms with E-state index in [1.807, 2.05) is 323 Å². The number of nitrogens with zero attached hydrogens (tertiary/aromatic N) is 8. The van der Waals surface area contributed by atoms with Crippen molar-refractivity contribution in [3.8, 4) is 135 Å². The van der Waals surface area contributed by atoms with Gasteiger partial charge in [-0.3, -0.25) is 0 Å². The molecule has 4 radical (unpaired) electrons. The van der Waals surface area contributed by atoms with Crippen LogP contribution in [0.25, 0.3) is 135 Å². The minimum atomic E-state index is 0. The van der Waals surface area contributed by atoms with Gasteiger partial charge >= 0.3 is 0 Å². The molecule has 12 aromatic carbocycles. The van der Waals surface area contributed by atoms with Crippen LogP contribution < -0.4 is 0 Å². The molecule has 0 aliphatic heterocycles. The molecule has 12 heteroatoms. The molecule has 0 saturated heterocycles. The van der Waals surface area contributed by atoms with Gasteiger partial charge in [-0.1, -0.05) is 207 Å². The molecule has 20 aromatic rings. The molecule has 0 aliphatic rings. The van der Waals surface area contributed by atoms with Gasteiger partial charge in [0.25, 0.3) is 0 Å². The summed E-state index contributed by atoms with van der Waals surface area (Å²) in [7, 11) is 0. The van der Waals surface area contributed by atoms with Gasteiger partial charge < -0.3 is 39.9 Å². The van der Waals surface area contributed by atoms with Crippen LogP contribution in [0.2, 0.25) is 0 Å². The fourth-order valence-corrected chi connectivity index (χ4v) is 13.6. The van der Waals surface area contributed by atoms with E-state index in [1.165, 1.54) is 94.6 Å². The van der Waals surface area contributed by atoms with E-state index in [1.54, 1.807) is 12.4 Å². The molecular formula is C121H98Ir4N8-8. The van der Waals surface area contributed by atoms with E-state index in [0.29, 0.717) is 0 Å². The average Bonchev–Trinajstić information content (AvgIpc) is 0.826. The molecule has 0 bridgehead atoms. The van der Waals surface area contributed by atoms with E-state index < -0.39 is 0 Å². The molecule has 0 amide bonds. The number of pyridine rings is 8. The number of benzene rings is 12. The van der Waals surface area contributed by atoms with Crippen molar-refractivity contribution in [1.29, 1.82) is 0 Å². The summed E-state index contributed by atoms with van der Waals surface area (Å²) < 4.78 is 0. The van der Waals surface area contributed by atoms with E-state index >= 15 is 0 Å². The molecule has 8 nitrogen and oxygen atoms in total. The Morgan fingerprint density at radius 3 is 0.632 bits per heavy atom. The van der Waals surface area contributed by atoms with E-state index in [2.05, 4.69) is 247 Å². The molecule has 8 heterocycles. The van der Waals surface area contributed by atoms with Crippen molar-refractivity contribution in [2.45, 2.75) is 62.3 Å². The van der Waals surface area contributed by atoms with Crippen molar-refractivity contribution in [3.05, 3.63) is 530 Å². The Labute approximate surface area is 840 Å². The molecule has 0 atom stereocenters. The second-order valence-electron chi connectivity index (χ2n) is 30.5. The average molecular weight is 2430 g/mol. The quantitative estimate of drug-likeness (QED) is 0.111. The van der Waals surface area contributed by atoms with Crippen molar-refractivity contribution in [3.63, 3.8) is 0 Å². The summed E-state index contributed by atoms with van der Waals surface area (Å²) in [4.78, 5) is 35.4. The van der Waals surface area contributed by atoms with Gasteiger partial charge in [0, 0.05) is 152 Å². The van der Waals surface area contributed by atoms with Crippen molar-refractivity contribution in [2.75, 3.05) is 0 Å². The van der Waals surface area contributed by atoms with E-state index in [9.17, 15) is 0 Å². The molecule has 0 N–H and O–H groups in total. The third kappa shape index (κ3) is 31.6. The zero-order chi connectivity index (χ0) is 89.6. The third-order valence-electron chi connectivity index (χ3n) is 20.8. The molecule has 8 aromatic heterocycles. The Morgan fingerprint density at radius 1 is 0.165 bits per heavy atom. The standard InChI is InChI=1S/4C18H14N.C14H14N.C13H12N.2C11H8N.4Ir/c4*1-14-12-18(16-10-6-3-7-11-16)19-13-17(14)15-8-4-2-5-9-15;1-10-4-6-13(7-5-10)14-8-11(2)12(3)9-15-14;1-10-3-6-12(7-4-10)13-8-5-11(2)9-14-13;2*1-2-6-10(7-3-1)11-8-4-5-9-12-11;;;;/h4*2-10,12-13H,1H3;4-6,8-9H,1-3H3;3-6,8-9H,1-2H3;2*1-6,8-9H;;;;/q8*-1;;;;. The SMILES string of the molecule is Cc1c[c-]c(-c2cc(C)c(C)cn2)cc1.Cc1c[c-]c(-c2ccc(C)cn2)cc1.Cc1cc(-c2[c-]cccc2)ncc1-c1ccccc1.Cc1cc(-c2[c-]cccc2)ncc1-c1ccccc1.Cc1cc(-c2[c-]cccc2)ncc1-c1ccccc1.Cc1cc(-c2[c-]cccc2)ncc1-c1ccccc1.[Ir].[Ir].[Ir].[Ir].[c-]1ccccc1-c1ccccn1.[c-]1ccccc1-c1ccccn1. The van der Waals surface area contributed by atoms with Crippen LogP contribution in [0, 0.1) is 111 Å². The van der Waals surface area contributed by atoms with Crippen LogP contribution in [0.3, 0.4) is 0 Å². The monoisotopic (exact) mass is 2430 g/mol. The van der Waals surface area contributed by atoms with Gasteiger partial charge in [-0.15, -0.1) is 286 Å². The van der Waals surface area contributed by atoms with E-state index in [4.69, 9.17) is 0 Å². The van der Waals surface area contributed by atoms with Gasteiger partial charge in [-0.25, -0.2) is 0 Å². The summed E-state index contributed by atoms with van der Waals surface area (Å²) in [5, 5.41) is 0. The number of hydrogen-bond donors (Lipinski definition) is 0. The Bertz CT molecular complexity index is 6040. The number of aryl methyl sites for hydroxylation is 9. The Hall–Kier alpha value is -13.6. The predicted octanol–water partition coefficient (Wildman–Crippen LogP) is 29.8. The van der Waals surface area contributed by atoms with Crippen LogP contribution in [0.4, 0.5) is 0 Å². The number of hydrogen-bond acceptors (Lipinski definition) is 8. The van der Waals surface area contributed by atoms with Gasteiger partial charge in [0.2, 0.25) is 0 Å². The Balaban J connectivity index is 0.000000171. The normalized spacial score (nSPS) is 9.90. The maximum absolute atomic E-state index is 4.55. The van der Waals surface area contributed by atoms with Gasteiger partial charge in [0.15, 0.2) is 0 Å². The fourth-order valence-electron chi connectivity index (χ4n) is 13.6. The molecule has 0 unspecified atom stereocenters. The van der Waals surface area contributed by atoms with Crippen molar-refractivity contribution in [2.24, 2.45) is 0 Å². The smallest absolute Gasteiger partial charge is 0.0242 e. The van der Waals surface area contributed by atoms with Crippen LogP contribution in [-0.4, -0.2) is 39.9 Å². The summed E-state index contributed by atoms with van der Waals surface area (Å²) in [6.07, 6.45) is 15.1. The molecule has 20 rings (SSSR count). The first-order valence-corrected chi connectivity index (χ1v) is 42.8. The van der Waals surface area contributed by atoms with E-state index in [0.717, 1.165) is 90.1 Å². The zero-order valence-corrected chi connectivity index (χ0v) is 85.0. The van der Waals surface area contributed by atoms with Gasteiger partial charge in [-0.05, 0) is 162 Å². The largest absolute Gasteiger partial charge is 0.305 e. The first-order chi connectivity index (χ1) is 63.2. The first-order valence-electron chi connectivity index (χ1n) is 42.8. The topological polar surface area (TPSA) is 103 Å². The summed E-state index contributed by atoms with van der Waals surface area (Å²) >= 11 is 0. The number of rotatable bonds is 12. The second-order valence-corrected chi connectivity index (χ2v) is 30.5. The minimum absolute atomic E-state index is 0. The van der Waals surface area contributed by atoms with Gasteiger partial charge in [0.05, 0.1) is 0 Å². The zero-order valence-electron chi connectivity index (χ0n) is 75.4. The van der Waals surface area contributed by atoms with Crippen LogP contribution in [0.15, 0.2) is 432 Å². The summed E-state index contributed by atoms with van der Waals surface area (Å²) in [6, 6.07) is 153. The Kier molecular flexibility index (Phi) is 42.6. The van der Waals surface area contributed by atoms with Crippen LogP contribution in [0.5, 0.6) is 0 Å². The summed E-state index contributed by atoms with van der Waals surface area (Å²) in [5.74, 6) is 0. The minimum Gasteiger partial charge on any atom is -0.305 e. The van der Waals surface area contributed by atoms with Crippen LogP contribution in [-0.2, 0) is 80.4 Å². The van der Waals surface area contributed by atoms with Crippen molar-refractivity contribution >= 4 is 0 Å². The molecule has 666 valence electrons. The second kappa shape index (κ2) is 54.9. The van der Waals surface area contributed by atoms with Crippen LogP contribution >= 0.6 is 0 Å². The molecular weight excluding hydrogens is 2330 g/mol. The predicted molar refractivity (Wildman–Crippen MR) is 532 cm³/mol. The van der Waals surface area contributed by atoms with Crippen LogP contribution in [0.1, 0.15) is 50.1 Å². The molecule has 0 aliphatic carbocycles. The van der Waals surface area contributed by atoms with Crippen molar-refractivity contribution in [1.82, 2.24) is 39.9 Å². The molecule has 0 fully saturated rings. The molecule has 0 saturated carbocycles. The summed E-state index contributed by atoms with van der Waals surface area (Å²) in [6.45, 7) is 18.8. The molecule has 133 heavy (non-hydrogen) atoms. The maximum Gasteiger partial charge on any atom is 0.0242 e. The van der Waals surface area contributed by atoms with Crippen molar-refractivity contribution < 1.29 is 80.4 Å². The Morgan fingerprint density at radius 2 is 0.398 bits per heavy atom. The number of aromatic nitrogens is 8. The van der Waals surface area contributed by atoms with Gasteiger partial charge in [-0.2, -0.15) is 0 Å². The third-order valence-corrected chi connectivity index (χ3v) is 20.8. The summed E-state index contributed by atoms with van der Waals surface area (Å²) in [5.41, 5.74) is 36.7. The van der Waals surface area contributed by atoms with Gasteiger partial charge in [0.1, 0.15) is 0 Å².